The van der Waals surface area contributed by atoms with Crippen molar-refractivity contribution in [3.8, 4) is 11.5 Å². The summed E-state index contributed by atoms with van der Waals surface area (Å²) in [4.78, 5) is 42.9. The minimum Gasteiger partial charge on any atom is -0.497 e. The summed E-state index contributed by atoms with van der Waals surface area (Å²) in [6, 6.07) is 25.7. The lowest BCUT2D eigenvalue weighted by molar-refractivity contribution is -0.142. The highest BCUT2D eigenvalue weighted by Crippen LogP contribution is 2.55. The predicted octanol–water partition coefficient (Wildman–Crippen LogP) is 6.02. The average molecular weight is 536 g/mol. The molecule has 1 aliphatic carbocycles. The van der Waals surface area contributed by atoms with E-state index < -0.39 is 35.5 Å². The first-order valence-corrected chi connectivity index (χ1v) is 13.1. The Kier molecular flexibility index (Phi) is 5.35. The minimum absolute atomic E-state index is 0.361. The summed E-state index contributed by atoms with van der Waals surface area (Å²) in [5.41, 5.74) is 2.74. The van der Waals surface area contributed by atoms with Crippen LogP contribution in [0.25, 0.3) is 16.3 Å². The highest BCUT2D eigenvalue weighted by molar-refractivity contribution is 6.31. The second-order valence-electron chi connectivity index (χ2n) is 10.0. The number of allylic oxidation sites excluding steroid dienone is 1. The number of nitrogens with zero attached hydrogens (tertiary/aromatic N) is 1. The van der Waals surface area contributed by atoms with Crippen molar-refractivity contribution in [3.63, 3.8) is 0 Å². The molecule has 4 aromatic rings. The molecule has 1 saturated heterocycles. The first-order valence-electron chi connectivity index (χ1n) is 12.7. The lowest BCUT2D eigenvalue weighted by Crippen LogP contribution is -2.42. The number of amides is 2. The van der Waals surface area contributed by atoms with Crippen LogP contribution in [0.5, 0.6) is 11.5 Å². The monoisotopic (exact) mass is 535 g/mol. The van der Waals surface area contributed by atoms with Crippen LogP contribution < -0.4 is 14.4 Å². The molecule has 0 radical (unpaired) electrons. The maximum Gasteiger partial charge on any atom is 0.319 e. The number of rotatable bonds is 3. The van der Waals surface area contributed by atoms with Gasteiger partial charge in [0.05, 0.1) is 30.6 Å². The third-order valence-electron chi connectivity index (χ3n) is 8.05. The lowest BCUT2D eigenvalue weighted by atomic mass is 9.64. The molecule has 2 aliphatic heterocycles. The van der Waals surface area contributed by atoms with Crippen molar-refractivity contribution in [3.05, 3.63) is 107 Å². The van der Waals surface area contributed by atoms with Crippen molar-refractivity contribution < 1.29 is 23.9 Å². The van der Waals surface area contributed by atoms with E-state index >= 15 is 0 Å². The smallest absolute Gasteiger partial charge is 0.319 e. The molecule has 39 heavy (non-hydrogen) atoms. The fraction of sp³-hybridized carbons (Fsp3) is 0.156. The maximum atomic E-state index is 14.1. The first kappa shape index (κ1) is 23.7. The number of esters is 1. The van der Waals surface area contributed by atoms with Crippen LogP contribution in [0, 0.1) is 17.8 Å². The van der Waals surface area contributed by atoms with Crippen LogP contribution in [-0.4, -0.2) is 24.9 Å². The average Bonchev–Trinajstić information content (AvgIpc) is 3.22. The summed E-state index contributed by atoms with van der Waals surface area (Å²) in [7, 11) is 1.59. The van der Waals surface area contributed by atoms with Crippen LogP contribution in [0.4, 0.5) is 5.69 Å². The van der Waals surface area contributed by atoms with E-state index in [9.17, 15) is 14.4 Å². The molecule has 0 spiro atoms. The Hall–Kier alpha value is -4.42. The number of benzene rings is 4. The number of anilines is 1. The van der Waals surface area contributed by atoms with Gasteiger partial charge in [0.2, 0.25) is 11.8 Å². The quantitative estimate of drug-likeness (QED) is 0.182. The molecule has 4 atom stereocenters. The molecular formula is C32H22ClNO5. The standard InChI is InChI=1S/C32H22ClNO5/c1-38-21-12-9-18(10-13-21)23-16-24-26-22-8-3-2-5-17(22)11-14-25(26)39-32(37)28(24)29-27(23)30(35)34(31(29)36)20-7-4-6-19(33)15-20/h2-16,23,27-29H,1H3/t23-,27+,28-,29-/m0/s1. The van der Waals surface area contributed by atoms with Gasteiger partial charge in [-0.25, -0.2) is 4.90 Å². The fourth-order valence-electron chi connectivity index (χ4n) is 6.35. The highest BCUT2D eigenvalue weighted by atomic mass is 35.5. The summed E-state index contributed by atoms with van der Waals surface area (Å²) >= 11 is 6.22. The zero-order chi connectivity index (χ0) is 26.8. The van der Waals surface area contributed by atoms with E-state index in [0.29, 0.717) is 27.8 Å². The fourth-order valence-corrected chi connectivity index (χ4v) is 6.54. The number of fused-ring (bicyclic) bond motifs is 7. The van der Waals surface area contributed by atoms with Crippen LogP contribution >= 0.6 is 11.6 Å². The van der Waals surface area contributed by atoms with E-state index in [4.69, 9.17) is 21.1 Å². The number of imide groups is 1. The van der Waals surface area contributed by atoms with Gasteiger partial charge in [-0.1, -0.05) is 66.2 Å². The zero-order valence-corrected chi connectivity index (χ0v) is 21.6. The minimum atomic E-state index is -0.928. The summed E-state index contributed by atoms with van der Waals surface area (Å²) < 4.78 is 11.2. The van der Waals surface area contributed by atoms with Gasteiger partial charge in [0, 0.05) is 16.5 Å². The zero-order valence-electron chi connectivity index (χ0n) is 20.8. The molecule has 4 aromatic carbocycles. The van der Waals surface area contributed by atoms with E-state index in [2.05, 4.69) is 0 Å². The lowest BCUT2D eigenvalue weighted by Gasteiger charge is -2.38. The molecule has 3 aliphatic rings. The summed E-state index contributed by atoms with van der Waals surface area (Å²) in [6.45, 7) is 0. The molecule has 0 unspecified atom stereocenters. The van der Waals surface area contributed by atoms with Gasteiger partial charge in [0.1, 0.15) is 11.5 Å². The Morgan fingerprint density at radius 2 is 1.62 bits per heavy atom. The van der Waals surface area contributed by atoms with E-state index in [1.165, 1.54) is 4.90 Å². The van der Waals surface area contributed by atoms with Crippen LogP contribution in [0.1, 0.15) is 17.0 Å². The number of hydrogen-bond acceptors (Lipinski definition) is 5. The number of ether oxygens (including phenoxy) is 2. The highest BCUT2D eigenvalue weighted by Gasteiger charge is 2.60. The molecule has 2 amide bonds. The number of halogens is 1. The third-order valence-corrected chi connectivity index (χ3v) is 8.28. The second-order valence-corrected chi connectivity index (χ2v) is 10.5. The van der Waals surface area contributed by atoms with Crippen molar-refractivity contribution in [2.75, 3.05) is 12.0 Å². The molecule has 6 nitrogen and oxygen atoms in total. The van der Waals surface area contributed by atoms with Gasteiger partial charge in [-0.15, -0.1) is 0 Å². The number of carbonyl (C=O) groups excluding carboxylic acids is 3. The van der Waals surface area contributed by atoms with Gasteiger partial charge < -0.3 is 9.47 Å². The van der Waals surface area contributed by atoms with Gasteiger partial charge in [0.15, 0.2) is 0 Å². The van der Waals surface area contributed by atoms with Gasteiger partial charge in [-0.3, -0.25) is 14.4 Å². The predicted molar refractivity (Wildman–Crippen MR) is 148 cm³/mol. The van der Waals surface area contributed by atoms with E-state index in [1.54, 1.807) is 37.4 Å². The van der Waals surface area contributed by atoms with Gasteiger partial charge in [-0.2, -0.15) is 0 Å². The molecule has 7 rings (SSSR count). The number of carbonyl (C=O) groups is 3. The molecule has 0 aromatic heterocycles. The molecule has 1 fully saturated rings. The van der Waals surface area contributed by atoms with Gasteiger partial charge in [0.25, 0.3) is 0 Å². The number of hydrogen-bond donors (Lipinski definition) is 0. The first-order chi connectivity index (χ1) is 19.0. The van der Waals surface area contributed by atoms with Crippen LogP contribution in [0.15, 0.2) is 91.0 Å². The Morgan fingerprint density at radius 1 is 0.846 bits per heavy atom. The van der Waals surface area contributed by atoms with E-state index in [0.717, 1.165) is 21.9 Å². The van der Waals surface area contributed by atoms with Crippen molar-refractivity contribution in [1.82, 2.24) is 0 Å². The largest absolute Gasteiger partial charge is 0.497 e. The van der Waals surface area contributed by atoms with Crippen molar-refractivity contribution in [2.24, 2.45) is 17.8 Å². The number of methoxy groups -OCH3 is 1. The third kappa shape index (κ3) is 3.52. The summed E-state index contributed by atoms with van der Waals surface area (Å²) in [5.74, 6) is -3.26. The molecule has 192 valence electrons. The summed E-state index contributed by atoms with van der Waals surface area (Å²) in [6.07, 6.45) is 1.99. The summed E-state index contributed by atoms with van der Waals surface area (Å²) in [5, 5.41) is 2.33. The Balaban J connectivity index is 1.46. The van der Waals surface area contributed by atoms with E-state index in [-0.39, 0.29) is 5.91 Å². The maximum absolute atomic E-state index is 14.1. The van der Waals surface area contributed by atoms with Crippen LogP contribution in [-0.2, 0) is 14.4 Å². The van der Waals surface area contributed by atoms with Crippen molar-refractivity contribution in [2.45, 2.75) is 5.92 Å². The molecular weight excluding hydrogens is 514 g/mol. The SMILES string of the molecule is COc1ccc([C@@H]2C=C3c4c(ccc5ccccc45)OC(=O)[C@@H]3[C@H]3C(=O)N(c4cccc(Cl)c4)C(=O)[C@@H]32)cc1. The molecule has 0 saturated carbocycles. The van der Waals surface area contributed by atoms with Crippen LogP contribution in [0.3, 0.4) is 0 Å². The topological polar surface area (TPSA) is 72.9 Å². The molecule has 7 heteroatoms. The Labute approximate surface area is 229 Å². The molecule has 0 N–H and O–H groups in total. The van der Waals surface area contributed by atoms with Crippen LogP contribution in [0.2, 0.25) is 5.02 Å². The Bertz CT molecular complexity index is 1730. The molecule has 0 bridgehead atoms. The molecule has 2 heterocycles. The van der Waals surface area contributed by atoms with Crippen molar-refractivity contribution >= 4 is 51.4 Å². The van der Waals surface area contributed by atoms with Gasteiger partial charge >= 0.3 is 5.97 Å². The van der Waals surface area contributed by atoms with E-state index in [1.807, 2.05) is 60.7 Å². The normalized spacial score (nSPS) is 23.6. The van der Waals surface area contributed by atoms with Gasteiger partial charge in [-0.05, 0) is 58.3 Å². The van der Waals surface area contributed by atoms with Crippen molar-refractivity contribution in [1.29, 1.82) is 0 Å². The second kappa shape index (κ2) is 8.82. The Morgan fingerprint density at radius 3 is 2.38 bits per heavy atom.